The second-order valence-electron chi connectivity index (χ2n) is 3.52. The highest BCUT2D eigenvalue weighted by Gasteiger charge is 2.11. The fourth-order valence-electron chi connectivity index (χ4n) is 1.48. The van der Waals surface area contributed by atoms with E-state index in [1.807, 2.05) is 30.3 Å². The topological polar surface area (TPSA) is 48.1 Å². The van der Waals surface area contributed by atoms with Gasteiger partial charge in [0.25, 0.3) is 0 Å². The number of thiazole rings is 1. The van der Waals surface area contributed by atoms with Crippen molar-refractivity contribution in [3.8, 4) is 17.0 Å². The van der Waals surface area contributed by atoms with Crippen LogP contribution in [0.3, 0.4) is 0 Å². The number of nitrogens with zero attached hydrogens (tertiary/aromatic N) is 1. The smallest absolute Gasteiger partial charge is 0.152 e. The third-order valence-electron chi connectivity index (χ3n) is 2.30. The van der Waals surface area contributed by atoms with Crippen molar-refractivity contribution in [2.75, 3.05) is 18.6 Å². The summed E-state index contributed by atoms with van der Waals surface area (Å²) in [7, 11) is 1.65. The van der Waals surface area contributed by atoms with Crippen LogP contribution >= 0.6 is 23.1 Å². The van der Waals surface area contributed by atoms with Gasteiger partial charge in [-0.2, -0.15) is 0 Å². The zero-order chi connectivity index (χ0) is 13.0. The van der Waals surface area contributed by atoms with E-state index in [0.717, 1.165) is 32.1 Å². The SMILES string of the molecule is C=CCSc1nc(-c2cccc(OC)c2)c(N)s1. The number of anilines is 1. The van der Waals surface area contributed by atoms with Gasteiger partial charge in [0.05, 0.1) is 7.11 Å². The van der Waals surface area contributed by atoms with Crippen LogP contribution in [0, 0.1) is 0 Å². The predicted molar refractivity (Wildman–Crippen MR) is 79.4 cm³/mol. The lowest BCUT2D eigenvalue weighted by Crippen LogP contribution is -1.87. The van der Waals surface area contributed by atoms with Gasteiger partial charge in [0.2, 0.25) is 0 Å². The van der Waals surface area contributed by atoms with Gasteiger partial charge in [-0.15, -0.1) is 6.58 Å². The first kappa shape index (κ1) is 13.0. The normalized spacial score (nSPS) is 10.3. The summed E-state index contributed by atoms with van der Waals surface area (Å²) >= 11 is 3.14. The van der Waals surface area contributed by atoms with E-state index < -0.39 is 0 Å². The van der Waals surface area contributed by atoms with Crippen molar-refractivity contribution in [3.05, 3.63) is 36.9 Å². The first-order chi connectivity index (χ1) is 8.74. The van der Waals surface area contributed by atoms with Crippen LogP contribution in [0.4, 0.5) is 5.00 Å². The molecule has 0 saturated heterocycles. The van der Waals surface area contributed by atoms with E-state index in [9.17, 15) is 0 Å². The van der Waals surface area contributed by atoms with Crippen molar-refractivity contribution in [2.24, 2.45) is 0 Å². The van der Waals surface area contributed by atoms with Crippen LogP contribution < -0.4 is 10.5 Å². The van der Waals surface area contributed by atoms with Gasteiger partial charge >= 0.3 is 0 Å². The molecule has 0 amide bonds. The molecule has 1 heterocycles. The van der Waals surface area contributed by atoms with Crippen LogP contribution in [-0.2, 0) is 0 Å². The van der Waals surface area contributed by atoms with Gasteiger partial charge in [0.15, 0.2) is 4.34 Å². The molecular formula is C13H14N2OS2. The van der Waals surface area contributed by atoms with Crippen molar-refractivity contribution in [3.63, 3.8) is 0 Å². The zero-order valence-corrected chi connectivity index (χ0v) is 11.7. The second-order valence-corrected chi connectivity index (χ2v) is 5.82. The fraction of sp³-hybridized carbons (Fsp3) is 0.154. The molecule has 0 fully saturated rings. The highest BCUT2D eigenvalue weighted by molar-refractivity contribution is 8.01. The molecule has 5 heteroatoms. The zero-order valence-electron chi connectivity index (χ0n) is 10.1. The van der Waals surface area contributed by atoms with E-state index in [2.05, 4.69) is 11.6 Å². The summed E-state index contributed by atoms with van der Waals surface area (Å²) in [6.45, 7) is 3.69. The van der Waals surface area contributed by atoms with Crippen molar-refractivity contribution in [1.29, 1.82) is 0 Å². The molecule has 0 saturated carbocycles. The summed E-state index contributed by atoms with van der Waals surface area (Å²) in [5.41, 5.74) is 7.82. The summed E-state index contributed by atoms with van der Waals surface area (Å²) < 4.78 is 6.17. The Bertz CT molecular complexity index is 552. The number of aromatic nitrogens is 1. The van der Waals surface area contributed by atoms with Crippen LogP contribution in [-0.4, -0.2) is 17.8 Å². The summed E-state index contributed by atoms with van der Waals surface area (Å²) in [5, 5.41) is 0.731. The Morgan fingerprint density at radius 2 is 2.39 bits per heavy atom. The molecule has 94 valence electrons. The minimum absolute atomic E-state index is 0.731. The molecule has 0 unspecified atom stereocenters. The van der Waals surface area contributed by atoms with E-state index in [1.54, 1.807) is 18.9 Å². The molecule has 0 spiro atoms. The number of nitrogens with two attached hydrogens (primary N) is 1. The first-order valence-electron chi connectivity index (χ1n) is 5.39. The Morgan fingerprint density at radius 1 is 1.56 bits per heavy atom. The van der Waals surface area contributed by atoms with Crippen LogP contribution in [0.15, 0.2) is 41.3 Å². The standard InChI is InChI=1S/C13H14N2OS2/c1-3-7-17-13-15-11(12(14)18-13)9-5-4-6-10(8-9)16-2/h3-6,8H,1,7,14H2,2H3. The predicted octanol–water partition coefficient (Wildman–Crippen LogP) is 3.68. The Kier molecular flexibility index (Phi) is 4.28. The van der Waals surface area contributed by atoms with Gasteiger partial charge in [-0.1, -0.05) is 41.3 Å². The lowest BCUT2D eigenvalue weighted by atomic mass is 10.1. The lowest BCUT2D eigenvalue weighted by Gasteiger charge is -2.02. The summed E-state index contributed by atoms with van der Waals surface area (Å²) in [6, 6.07) is 7.76. The molecule has 3 nitrogen and oxygen atoms in total. The number of rotatable bonds is 5. The third kappa shape index (κ3) is 2.86. The molecule has 0 bridgehead atoms. The maximum atomic E-state index is 6.01. The maximum absolute atomic E-state index is 6.01. The van der Waals surface area contributed by atoms with E-state index in [1.165, 1.54) is 11.3 Å². The highest BCUT2D eigenvalue weighted by Crippen LogP contribution is 2.36. The monoisotopic (exact) mass is 278 g/mol. The first-order valence-corrected chi connectivity index (χ1v) is 7.19. The fourth-order valence-corrected chi connectivity index (χ4v) is 3.19. The lowest BCUT2D eigenvalue weighted by molar-refractivity contribution is 0.415. The summed E-state index contributed by atoms with van der Waals surface area (Å²) in [5.74, 6) is 1.64. The molecule has 0 radical (unpaired) electrons. The van der Waals surface area contributed by atoms with Crippen LogP contribution in [0.1, 0.15) is 0 Å². The van der Waals surface area contributed by atoms with Crippen molar-refractivity contribution >= 4 is 28.1 Å². The number of thioether (sulfide) groups is 1. The molecule has 0 aliphatic heterocycles. The molecule has 0 atom stereocenters. The average molecular weight is 278 g/mol. The van der Waals surface area contributed by atoms with Crippen molar-refractivity contribution in [2.45, 2.75) is 4.34 Å². The number of ether oxygens (including phenoxy) is 1. The molecule has 18 heavy (non-hydrogen) atoms. The molecule has 2 aromatic rings. The van der Waals surface area contributed by atoms with Crippen LogP contribution in [0.25, 0.3) is 11.3 Å². The van der Waals surface area contributed by atoms with E-state index in [0.29, 0.717) is 0 Å². The van der Waals surface area contributed by atoms with Gasteiger partial charge in [-0.05, 0) is 12.1 Å². The molecule has 0 aliphatic rings. The average Bonchev–Trinajstić information content (AvgIpc) is 2.77. The number of nitrogen functional groups attached to an aromatic ring is 1. The molecule has 2 rings (SSSR count). The van der Waals surface area contributed by atoms with Gasteiger partial charge in [-0.25, -0.2) is 4.98 Å². The van der Waals surface area contributed by atoms with Crippen LogP contribution in [0.5, 0.6) is 5.75 Å². The minimum Gasteiger partial charge on any atom is -0.497 e. The number of hydrogen-bond donors (Lipinski definition) is 1. The van der Waals surface area contributed by atoms with Gasteiger partial charge < -0.3 is 10.5 Å². The van der Waals surface area contributed by atoms with E-state index >= 15 is 0 Å². The maximum Gasteiger partial charge on any atom is 0.152 e. The van der Waals surface area contributed by atoms with E-state index in [-0.39, 0.29) is 0 Å². The second kappa shape index (κ2) is 5.93. The van der Waals surface area contributed by atoms with Gasteiger partial charge in [-0.3, -0.25) is 0 Å². The Labute approximate surface area is 115 Å². The molecule has 2 N–H and O–H groups in total. The summed E-state index contributed by atoms with van der Waals surface area (Å²) in [6.07, 6.45) is 1.85. The highest BCUT2D eigenvalue weighted by atomic mass is 32.2. The Hall–Kier alpha value is -1.46. The third-order valence-corrected chi connectivity index (χ3v) is 4.32. The molecule has 0 aliphatic carbocycles. The van der Waals surface area contributed by atoms with Crippen molar-refractivity contribution in [1.82, 2.24) is 4.98 Å². The van der Waals surface area contributed by atoms with Crippen LogP contribution in [0.2, 0.25) is 0 Å². The largest absolute Gasteiger partial charge is 0.497 e. The van der Waals surface area contributed by atoms with E-state index in [4.69, 9.17) is 10.5 Å². The Balaban J connectivity index is 2.31. The number of hydrogen-bond acceptors (Lipinski definition) is 5. The molecule has 1 aromatic heterocycles. The Morgan fingerprint density at radius 3 is 3.11 bits per heavy atom. The minimum atomic E-state index is 0.731. The van der Waals surface area contributed by atoms with Gasteiger partial charge in [0, 0.05) is 11.3 Å². The molecule has 1 aromatic carbocycles. The quantitative estimate of drug-likeness (QED) is 0.669. The number of methoxy groups -OCH3 is 1. The number of benzene rings is 1. The summed E-state index contributed by atoms with van der Waals surface area (Å²) in [4.78, 5) is 4.55. The van der Waals surface area contributed by atoms with Crippen molar-refractivity contribution < 1.29 is 4.74 Å². The van der Waals surface area contributed by atoms with Gasteiger partial charge in [0.1, 0.15) is 16.4 Å². The molecular weight excluding hydrogens is 264 g/mol.